The molecule has 0 saturated carbocycles. The van der Waals surface area contributed by atoms with Crippen molar-refractivity contribution in [2.45, 2.75) is 45.1 Å². The van der Waals surface area contributed by atoms with Crippen molar-refractivity contribution in [3.8, 4) is 0 Å². The van der Waals surface area contributed by atoms with Crippen LogP contribution in [0.3, 0.4) is 0 Å². The van der Waals surface area contributed by atoms with Crippen molar-refractivity contribution in [2.75, 3.05) is 39.4 Å². The van der Waals surface area contributed by atoms with E-state index in [1.807, 2.05) is 0 Å². The van der Waals surface area contributed by atoms with Crippen molar-refractivity contribution >= 4 is 0 Å². The topological polar surface area (TPSA) is 24.5 Å². The van der Waals surface area contributed by atoms with Crippen LogP contribution in [-0.4, -0.2) is 50.3 Å². The number of nitrogens with one attached hydrogen (secondary N) is 1. The van der Waals surface area contributed by atoms with Crippen molar-refractivity contribution in [1.29, 1.82) is 0 Å². The molecule has 2 atom stereocenters. The lowest BCUT2D eigenvalue weighted by Crippen LogP contribution is -2.39. The van der Waals surface area contributed by atoms with Crippen LogP contribution in [0.25, 0.3) is 0 Å². The molecule has 0 aromatic carbocycles. The van der Waals surface area contributed by atoms with Crippen LogP contribution in [-0.2, 0) is 4.74 Å². The summed E-state index contributed by atoms with van der Waals surface area (Å²) in [6.07, 6.45) is 6.88. The van der Waals surface area contributed by atoms with Crippen LogP contribution in [0.15, 0.2) is 0 Å². The molecule has 0 radical (unpaired) electrons. The normalized spacial score (nSPS) is 29.1. The van der Waals surface area contributed by atoms with Gasteiger partial charge in [-0.25, -0.2) is 0 Å². The van der Waals surface area contributed by atoms with Crippen LogP contribution in [0.4, 0.5) is 0 Å². The third kappa shape index (κ3) is 4.57. The molecule has 0 aliphatic carbocycles. The minimum Gasteiger partial charge on any atom is -0.381 e. The second-order valence-corrected chi connectivity index (χ2v) is 5.62. The maximum absolute atomic E-state index is 5.44. The monoisotopic (exact) mass is 240 g/mol. The summed E-state index contributed by atoms with van der Waals surface area (Å²) in [4.78, 5) is 2.62. The van der Waals surface area contributed by atoms with Crippen molar-refractivity contribution in [3.05, 3.63) is 0 Å². The largest absolute Gasteiger partial charge is 0.381 e. The summed E-state index contributed by atoms with van der Waals surface area (Å²) in [6.45, 7) is 9.20. The molecule has 2 rings (SSSR count). The van der Waals surface area contributed by atoms with Crippen molar-refractivity contribution in [3.63, 3.8) is 0 Å². The summed E-state index contributed by atoms with van der Waals surface area (Å²) in [5, 5.41) is 3.67. The van der Waals surface area contributed by atoms with Gasteiger partial charge in [-0.05, 0) is 45.2 Å². The van der Waals surface area contributed by atoms with E-state index in [0.29, 0.717) is 6.04 Å². The molecule has 1 N–H and O–H groups in total. The molecule has 2 aliphatic rings. The lowest BCUT2D eigenvalue weighted by Gasteiger charge is -2.23. The fourth-order valence-electron chi connectivity index (χ4n) is 2.92. The molecule has 0 spiro atoms. The van der Waals surface area contributed by atoms with E-state index in [-0.39, 0.29) is 0 Å². The van der Waals surface area contributed by atoms with E-state index >= 15 is 0 Å². The average Bonchev–Trinajstić information content (AvgIpc) is 2.75. The van der Waals surface area contributed by atoms with Crippen LogP contribution < -0.4 is 5.32 Å². The first-order chi connectivity index (χ1) is 8.36. The molecule has 3 nitrogen and oxygen atoms in total. The van der Waals surface area contributed by atoms with Crippen molar-refractivity contribution in [2.24, 2.45) is 5.92 Å². The quantitative estimate of drug-likeness (QED) is 0.794. The molecule has 0 amide bonds. The molecule has 2 fully saturated rings. The highest BCUT2D eigenvalue weighted by Gasteiger charge is 2.21. The molecule has 0 aromatic heterocycles. The lowest BCUT2D eigenvalue weighted by molar-refractivity contribution is 0.177. The Balaban J connectivity index is 1.57. The fraction of sp³-hybridized carbons (Fsp3) is 1.00. The Bertz CT molecular complexity index is 194. The number of ether oxygens (including phenoxy) is 1. The maximum atomic E-state index is 5.44. The van der Waals surface area contributed by atoms with Gasteiger partial charge >= 0.3 is 0 Å². The molecule has 100 valence electrons. The summed E-state index contributed by atoms with van der Waals surface area (Å²) >= 11 is 0. The minimum absolute atomic E-state index is 0.615. The average molecular weight is 240 g/mol. The maximum Gasteiger partial charge on any atom is 0.0509 e. The zero-order chi connectivity index (χ0) is 11.9. The first-order valence-corrected chi connectivity index (χ1v) is 7.40. The van der Waals surface area contributed by atoms with E-state index in [0.717, 1.165) is 25.7 Å². The highest BCUT2D eigenvalue weighted by molar-refractivity contribution is 4.76. The first-order valence-electron chi connectivity index (χ1n) is 7.40. The molecule has 0 aromatic rings. The van der Waals surface area contributed by atoms with Crippen LogP contribution in [0.1, 0.15) is 39.0 Å². The van der Waals surface area contributed by atoms with Gasteiger partial charge in [0.1, 0.15) is 0 Å². The van der Waals surface area contributed by atoms with Crippen LogP contribution in [0.2, 0.25) is 0 Å². The van der Waals surface area contributed by atoms with Gasteiger partial charge in [0, 0.05) is 25.7 Å². The molecule has 3 heteroatoms. The Morgan fingerprint density at radius 2 is 2.00 bits per heavy atom. The van der Waals surface area contributed by atoms with Crippen LogP contribution >= 0.6 is 0 Å². The summed E-state index contributed by atoms with van der Waals surface area (Å²) in [7, 11) is 0. The Morgan fingerprint density at radius 3 is 2.65 bits per heavy atom. The van der Waals surface area contributed by atoms with Crippen molar-refractivity contribution < 1.29 is 4.74 Å². The van der Waals surface area contributed by atoms with E-state index in [1.165, 1.54) is 51.7 Å². The Kier molecular flexibility index (Phi) is 5.75. The summed E-state index contributed by atoms with van der Waals surface area (Å²) < 4.78 is 5.44. The fourth-order valence-corrected chi connectivity index (χ4v) is 2.92. The third-order valence-corrected chi connectivity index (χ3v) is 4.27. The highest BCUT2D eigenvalue weighted by Crippen LogP contribution is 2.16. The van der Waals surface area contributed by atoms with E-state index in [2.05, 4.69) is 17.1 Å². The number of nitrogens with zero attached hydrogens (tertiary/aromatic N) is 1. The second-order valence-electron chi connectivity index (χ2n) is 5.62. The SMILES string of the molecule is CC(NCCN1CCCCCC1)C1CCOC1. The molecular weight excluding hydrogens is 212 g/mol. The smallest absolute Gasteiger partial charge is 0.0509 e. The second kappa shape index (κ2) is 7.34. The van der Waals surface area contributed by atoms with Gasteiger partial charge in [0.25, 0.3) is 0 Å². The van der Waals surface area contributed by atoms with Crippen molar-refractivity contribution in [1.82, 2.24) is 10.2 Å². The number of rotatable bonds is 5. The van der Waals surface area contributed by atoms with E-state index in [1.54, 1.807) is 0 Å². The molecule has 0 bridgehead atoms. The van der Waals surface area contributed by atoms with Crippen LogP contribution in [0.5, 0.6) is 0 Å². The number of likely N-dealkylation sites (tertiary alicyclic amines) is 1. The Hall–Kier alpha value is -0.120. The molecule has 2 aliphatic heterocycles. The van der Waals surface area contributed by atoms with E-state index in [4.69, 9.17) is 4.74 Å². The van der Waals surface area contributed by atoms with Gasteiger partial charge in [0.15, 0.2) is 0 Å². The number of hydrogen-bond acceptors (Lipinski definition) is 3. The Labute approximate surface area is 106 Å². The van der Waals surface area contributed by atoms with Gasteiger partial charge in [-0.15, -0.1) is 0 Å². The first kappa shape index (κ1) is 13.3. The molecule has 2 saturated heterocycles. The minimum atomic E-state index is 0.615. The summed E-state index contributed by atoms with van der Waals surface area (Å²) in [5.74, 6) is 0.735. The zero-order valence-corrected chi connectivity index (χ0v) is 11.3. The predicted octanol–water partition coefficient (Wildman–Crippen LogP) is 1.88. The lowest BCUT2D eigenvalue weighted by atomic mass is 10.0. The molecule has 2 heterocycles. The molecular formula is C14H28N2O. The molecule has 2 unspecified atom stereocenters. The van der Waals surface area contributed by atoms with Gasteiger partial charge in [-0.3, -0.25) is 0 Å². The Morgan fingerprint density at radius 1 is 1.24 bits per heavy atom. The summed E-state index contributed by atoms with van der Waals surface area (Å²) in [6, 6.07) is 0.615. The molecule has 17 heavy (non-hydrogen) atoms. The van der Waals surface area contributed by atoms with Gasteiger partial charge in [0.2, 0.25) is 0 Å². The van der Waals surface area contributed by atoms with Gasteiger partial charge in [-0.2, -0.15) is 0 Å². The van der Waals surface area contributed by atoms with E-state index < -0.39 is 0 Å². The van der Waals surface area contributed by atoms with E-state index in [9.17, 15) is 0 Å². The standard InChI is InChI=1S/C14H28N2O/c1-13(14-6-11-17-12-14)15-7-10-16-8-4-2-3-5-9-16/h13-15H,2-12H2,1H3. The number of hydrogen-bond donors (Lipinski definition) is 1. The van der Waals surface area contributed by atoms with Crippen LogP contribution in [0, 0.1) is 5.92 Å². The highest BCUT2D eigenvalue weighted by atomic mass is 16.5. The summed E-state index contributed by atoms with van der Waals surface area (Å²) in [5.41, 5.74) is 0. The zero-order valence-electron chi connectivity index (χ0n) is 11.3. The van der Waals surface area contributed by atoms with Gasteiger partial charge in [0.05, 0.1) is 6.61 Å². The predicted molar refractivity (Wildman–Crippen MR) is 71.3 cm³/mol. The van der Waals surface area contributed by atoms with Gasteiger partial charge < -0.3 is 15.0 Å². The van der Waals surface area contributed by atoms with Gasteiger partial charge in [-0.1, -0.05) is 12.8 Å². The third-order valence-electron chi connectivity index (χ3n) is 4.27.